The minimum absolute atomic E-state index is 0.0261. The molecule has 2 heterocycles. The number of aryl methyl sites for hydroxylation is 1. The highest BCUT2D eigenvalue weighted by Crippen LogP contribution is 2.32. The zero-order chi connectivity index (χ0) is 20.9. The first-order chi connectivity index (χ1) is 12.9. The predicted molar refractivity (Wildman–Crippen MR) is 104 cm³/mol. The summed E-state index contributed by atoms with van der Waals surface area (Å²) in [4.78, 5) is 11.9. The number of rotatable bonds is 5. The number of nitrogens with zero attached hydrogens (tertiary/aromatic N) is 2. The molecule has 0 spiro atoms. The van der Waals surface area contributed by atoms with Crippen molar-refractivity contribution in [3.63, 3.8) is 0 Å². The SMILES string of the molecule is CCN(C1CCS(=O)(=O)C1)S(=O)(=O)c1cc(N2C(=O)CCS2(=O)=O)ccc1C. The number of hydrogen-bond acceptors (Lipinski definition) is 7. The number of carbonyl (C=O) groups is 1. The van der Waals surface area contributed by atoms with Crippen LogP contribution in [0.1, 0.15) is 25.3 Å². The molecule has 2 saturated heterocycles. The Morgan fingerprint density at radius 3 is 2.36 bits per heavy atom. The second-order valence-electron chi connectivity index (χ2n) is 6.94. The Balaban J connectivity index is 2.06. The molecule has 28 heavy (non-hydrogen) atoms. The third kappa shape index (κ3) is 3.70. The summed E-state index contributed by atoms with van der Waals surface area (Å²) < 4.78 is 76.3. The maximum Gasteiger partial charge on any atom is 0.243 e. The number of hydrogen-bond donors (Lipinski definition) is 0. The first-order valence-corrected chi connectivity index (χ1v) is 13.6. The van der Waals surface area contributed by atoms with Crippen LogP contribution in [0.25, 0.3) is 0 Å². The third-order valence-corrected chi connectivity index (χ3v) is 10.6. The largest absolute Gasteiger partial charge is 0.273 e. The van der Waals surface area contributed by atoms with Crippen LogP contribution >= 0.6 is 0 Å². The first-order valence-electron chi connectivity index (χ1n) is 8.78. The van der Waals surface area contributed by atoms with Crippen LogP contribution in [0.15, 0.2) is 23.1 Å². The van der Waals surface area contributed by atoms with Crippen LogP contribution in [0.3, 0.4) is 0 Å². The molecule has 0 N–H and O–H groups in total. The maximum atomic E-state index is 13.3. The molecule has 9 nitrogen and oxygen atoms in total. The van der Waals surface area contributed by atoms with Crippen LogP contribution in [0, 0.1) is 6.92 Å². The molecule has 3 rings (SSSR count). The predicted octanol–water partition coefficient (Wildman–Crippen LogP) is 0.259. The summed E-state index contributed by atoms with van der Waals surface area (Å²) in [6, 6.07) is 3.35. The third-order valence-electron chi connectivity index (χ3n) is 5.00. The van der Waals surface area contributed by atoms with E-state index in [1.54, 1.807) is 13.8 Å². The van der Waals surface area contributed by atoms with Gasteiger partial charge in [0.15, 0.2) is 9.84 Å². The van der Waals surface area contributed by atoms with Gasteiger partial charge >= 0.3 is 0 Å². The highest BCUT2D eigenvalue weighted by Gasteiger charge is 2.40. The molecule has 2 aliphatic rings. The molecule has 0 bridgehead atoms. The normalized spacial score (nSPS) is 24.2. The van der Waals surface area contributed by atoms with Crippen LogP contribution in [-0.2, 0) is 34.7 Å². The Morgan fingerprint density at radius 2 is 1.86 bits per heavy atom. The van der Waals surface area contributed by atoms with Gasteiger partial charge in [-0.25, -0.2) is 29.6 Å². The Hall–Kier alpha value is -1.50. The molecule has 0 aliphatic carbocycles. The molecular formula is C16H22N2O7S3. The molecule has 1 aromatic carbocycles. The quantitative estimate of drug-likeness (QED) is 0.630. The second kappa shape index (κ2) is 7.08. The van der Waals surface area contributed by atoms with E-state index in [0.29, 0.717) is 9.87 Å². The lowest BCUT2D eigenvalue weighted by molar-refractivity contribution is -0.116. The van der Waals surface area contributed by atoms with E-state index in [0.717, 1.165) is 4.31 Å². The van der Waals surface area contributed by atoms with Crippen molar-refractivity contribution in [2.75, 3.05) is 28.1 Å². The van der Waals surface area contributed by atoms with Crippen LogP contribution in [-0.4, -0.2) is 65.3 Å². The number of sulfone groups is 1. The number of sulfonamides is 2. The molecule has 12 heteroatoms. The average Bonchev–Trinajstić information content (AvgIpc) is 3.07. The lowest BCUT2D eigenvalue weighted by atomic mass is 10.2. The minimum atomic E-state index is -4.09. The van der Waals surface area contributed by atoms with Gasteiger partial charge in [-0.15, -0.1) is 0 Å². The summed E-state index contributed by atoms with van der Waals surface area (Å²) in [6.45, 7) is 3.26. The summed E-state index contributed by atoms with van der Waals surface area (Å²) in [7, 11) is -11.2. The van der Waals surface area contributed by atoms with Crippen molar-refractivity contribution in [2.24, 2.45) is 0 Å². The van der Waals surface area contributed by atoms with E-state index >= 15 is 0 Å². The molecule has 2 aliphatic heterocycles. The molecule has 1 aromatic rings. The zero-order valence-electron chi connectivity index (χ0n) is 15.5. The van der Waals surface area contributed by atoms with Crippen molar-refractivity contribution in [1.29, 1.82) is 0 Å². The van der Waals surface area contributed by atoms with E-state index in [-0.39, 0.29) is 47.2 Å². The summed E-state index contributed by atoms with van der Waals surface area (Å²) >= 11 is 0. The van der Waals surface area contributed by atoms with Crippen LogP contribution in [0.4, 0.5) is 5.69 Å². The van der Waals surface area contributed by atoms with E-state index in [4.69, 9.17) is 0 Å². The van der Waals surface area contributed by atoms with E-state index in [1.165, 1.54) is 18.2 Å². The van der Waals surface area contributed by atoms with Crippen LogP contribution in [0.5, 0.6) is 0 Å². The molecule has 1 amide bonds. The summed E-state index contributed by atoms with van der Waals surface area (Å²) in [5.41, 5.74) is 0.355. The minimum Gasteiger partial charge on any atom is -0.273 e. The van der Waals surface area contributed by atoms with Crippen molar-refractivity contribution < 1.29 is 30.0 Å². The summed E-state index contributed by atoms with van der Waals surface area (Å²) in [5, 5.41) is 0. The van der Waals surface area contributed by atoms with Gasteiger partial charge in [0.05, 0.1) is 27.8 Å². The van der Waals surface area contributed by atoms with Gasteiger partial charge in [0, 0.05) is 19.0 Å². The lowest BCUT2D eigenvalue weighted by Crippen LogP contribution is -2.41. The Kier molecular flexibility index (Phi) is 5.36. The fraction of sp³-hybridized carbons (Fsp3) is 0.562. The standard InChI is InChI=1S/C16H22N2O7S3/c1-3-17(14-6-8-26(20,21)11-14)28(24,25)15-10-13(5-4-12(15)2)18-16(19)7-9-27(18,22)23/h4-5,10,14H,3,6-9,11H2,1-2H3. The number of amides is 1. The highest BCUT2D eigenvalue weighted by molar-refractivity contribution is 7.94. The van der Waals surface area contributed by atoms with Crippen molar-refractivity contribution in [3.05, 3.63) is 23.8 Å². The highest BCUT2D eigenvalue weighted by atomic mass is 32.2. The average molecular weight is 451 g/mol. The first kappa shape index (κ1) is 21.2. The molecular weight excluding hydrogens is 428 g/mol. The smallest absolute Gasteiger partial charge is 0.243 e. The van der Waals surface area contributed by atoms with E-state index in [2.05, 4.69) is 0 Å². The number of benzene rings is 1. The monoisotopic (exact) mass is 450 g/mol. The van der Waals surface area contributed by atoms with Gasteiger partial charge in [0.25, 0.3) is 0 Å². The van der Waals surface area contributed by atoms with E-state index in [9.17, 15) is 30.0 Å². The summed E-state index contributed by atoms with van der Waals surface area (Å²) in [6.07, 6.45) is 0.0619. The van der Waals surface area contributed by atoms with Crippen LogP contribution < -0.4 is 4.31 Å². The van der Waals surface area contributed by atoms with Gasteiger partial charge in [-0.3, -0.25) is 4.79 Å². The van der Waals surface area contributed by atoms with Crippen LogP contribution in [0.2, 0.25) is 0 Å². The molecule has 0 aromatic heterocycles. The lowest BCUT2D eigenvalue weighted by Gasteiger charge is -2.27. The molecule has 0 saturated carbocycles. The maximum absolute atomic E-state index is 13.3. The second-order valence-corrected chi connectivity index (χ2v) is 13.0. The topological polar surface area (TPSA) is 126 Å². The molecule has 156 valence electrons. The summed E-state index contributed by atoms with van der Waals surface area (Å²) in [5.74, 6) is -1.23. The molecule has 1 atom stereocenters. The van der Waals surface area contributed by atoms with E-state index < -0.39 is 41.8 Å². The van der Waals surface area contributed by atoms with Gasteiger partial charge in [-0.05, 0) is 31.0 Å². The zero-order valence-corrected chi connectivity index (χ0v) is 18.0. The number of anilines is 1. The number of carbonyl (C=O) groups excluding carboxylic acids is 1. The van der Waals surface area contributed by atoms with Crippen molar-refractivity contribution in [1.82, 2.24) is 4.31 Å². The fourth-order valence-corrected chi connectivity index (χ4v) is 8.80. The van der Waals surface area contributed by atoms with Crippen molar-refractivity contribution in [2.45, 2.75) is 37.6 Å². The van der Waals surface area contributed by atoms with Gasteiger partial charge in [-0.1, -0.05) is 13.0 Å². The van der Waals surface area contributed by atoms with Gasteiger partial charge < -0.3 is 0 Å². The van der Waals surface area contributed by atoms with Gasteiger partial charge in [-0.2, -0.15) is 4.31 Å². The van der Waals surface area contributed by atoms with Crippen molar-refractivity contribution in [3.8, 4) is 0 Å². The van der Waals surface area contributed by atoms with Crippen molar-refractivity contribution >= 4 is 41.5 Å². The van der Waals surface area contributed by atoms with Gasteiger partial charge in [0.2, 0.25) is 26.0 Å². The Labute approximate surface area is 165 Å². The molecule has 0 radical (unpaired) electrons. The Morgan fingerprint density at radius 1 is 1.18 bits per heavy atom. The van der Waals surface area contributed by atoms with Gasteiger partial charge in [0.1, 0.15) is 0 Å². The molecule has 2 fully saturated rings. The fourth-order valence-electron chi connectivity index (χ4n) is 3.62. The Bertz CT molecular complexity index is 1120. The van der Waals surface area contributed by atoms with E-state index in [1.807, 2.05) is 0 Å². The molecule has 1 unspecified atom stereocenters.